The van der Waals surface area contributed by atoms with E-state index in [2.05, 4.69) is 5.43 Å². The SMILES string of the molecule is CCOCC(NN)C1CC2CCC1O2. The van der Waals surface area contributed by atoms with Crippen molar-refractivity contribution in [3.63, 3.8) is 0 Å². The lowest BCUT2D eigenvalue weighted by Crippen LogP contribution is -2.47. The van der Waals surface area contributed by atoms with E-state index in [1.165, 1.54) is 12.8 Å². The van der Waals surface area contributed by atoms with Crippen LogP contribution in [0, 0.1) is 5.92 Å². The molecule has 2 bridgehead atoms. The summed E-state index contributed by atoms with van der Waals surface area (Å²) in [6.07, 6.45) is 4.48. The quantitative estimate of drug-likeness (QED) is 0.499. The van der Waals surface area contributed by atoms with Gasteiger partial charge in [-0.25, -0.2) is 0 Å². The number of ether oxygens (including phenoxy) is 2. The zero-order valence-corrected chi connectivity index (χ0v) is 8.74. The van der Waals surface area contributed by atoms with Crippen molar-refractivity contribution >= 4 is 0 Å². The Kier molecular flexibility index (Phi) is 3.38. The van der Waals surface area contributed by atoms with Crippen molar-refractivity contribution in [2.75, 3.05) is 13.2 Å². The summed E-state index contributed by atoms with van der Waals surface area (Å²) >= 11 is 0. The van der Waals surface area contributed by atoms with Crippen LogP contribution >= 0.6 is 0 Å². The standard InChI is InChI=1S/C10H20N2O2/c1-2-13-6-9(12-11)8-5-7-3-4-10(8)14-7/h7-10,12H,2-6,11H2,1H3. The van der Waals surface area contributed by atoms with Crippen molar-refractivity contribution in [1.82, 2.24) is 5.43 Å². The van der Waals surface area contributed by atoms with Crippen LogP contribution in [0.25, 0.3) is 0 Å². The maximum Gasteiger partial charge on any atom is 0.0636 e. The van der Waals surface area contributed by atoms with Gasteiger partial charge < -0.3 is 9.47 Å². The van der Waals surface area contributed by atoms with Crippen molar-refractivity contribution in [2.45, 2.75) is 44.4 Å². The molecule has 0 radical (unpaired) electrons. The van der Waals surface area contributed by atoms with Gasteiger partial charge in [-0.1, -0.05) is 0 Å². The Bertz CT molecular complexity index is 189. The van der Waals surface area contributed by atoms with Crippen LogP contribution in [0.5, 0.6) is 0 Å². The molecule has 0 saturated carbocycles. The van der Waals surface area contributed by atoms with Gasteiger partial charge in [0.1, 0.15) is 0 Å². The summed E-state index contributed by atoms with van der Waals surface area (Å²) in [6.45, 7) is 3.45. The molecule has 2 aliphatic heterocycles. The fraction of sp³-hybridized carbons (Fsp3) is 1.00. The van der Waals surface area contributed by atoms with Gasteiger partial charge in [0.2, 0.25) is 0 Å². The first-order valence-corrected chi connectivity index (χ1v) is 5.54. The molecule has 3 N–H and O–H groups in total. The first-order chi connectivity index (χ1) is 6.85. The summed E-state index contributed by atoms with van der Waals surface area (Å²) in [6, 6.07) is 0.255. The normalized spacial score (nSPS) is 37.7. The van der Waals surface area contributed by atoms with Gasteiger partial charge in [-0.2, -0.15) is 0 Å². The highest BCUT2D eigenvalue weighted by Crippen LogP contribution is 2.40. The molecule has 2 saturated heterocycles. The second-order valence-corrected chi connectivity index (χ2v) is 4.21. The van der Waals surface area contributed by atoms with Gasteiger partial charge in [0, 0.05) is 18.6 Å². The van der Waals surface area contributed by atoms with Crippen molar-refractivity contribution in [3.05, 3.63) is 0 Å². The Morgan fingerprint density at radius 1 is 1.57 bits per heavy atom. The molecule has 0 aliphatic carbocycles. The molecule has 0 aromatic rings. The van der Waals surface area contributed by atoms with E-state index < -0.39 is 0 Å². The molecule has 2 aliphatic rings. The van der Waals surface area contributed by atoms with Crippen molar-refractivity contribution in [3.8, 4) is 0 Å². The molecule has 4 nitrogen and oxygen atoms in total. The predicted molar refractivity (Wildman–Crippen MR) is 53.6 cm³/mol. The maximum atomic E-state index is 5.80. The summed E-state index contributed by atoms with van der Waals surface area (Å²) in [5.41, 5.74) is 2.86. The minimum Gasteiger partial charge on any atom is -0.380 e. The molecule has 82 valence electrons. The molecule has 2 heterocycles. The van der Waals surface area contributed by atoms with Gasteiger partial charge in [0.15, 0.2) is 0 Å². The Balaban J connectivity index is 1.85. The molecule has 0 aromatic heterocycles. The van der Waals surface area contributed by atoms with Crippen LogP contribution in [-0.2, 0) is 9.47 Å². The molecular weight excluding hydrogens is 180 g/mol. The first-order valence-electron chi connectivity index (χ1n) is 5.54. The average Bonchev–Trinajstić information content (AvgIpc) is 2.80. The number of hydrogen-bond donors (Lipinski definition) is 2. The van der Waals surface area contributed by atoms with E-state index in [0.29, 0.717) is 24.7 Å². The van der Waals surface area contributed by atoms with Gasteiger partial charge in [-0.3, -0.25) is 11.3 Å². The minimum atomic E-state index is 0.255. The molecular formula is C10H20N2O2. The van der Waals surface area contributed by atoms with Crippen molar-refractivity contribution in [1.29, 1.82) is 0 Å². The highest BCUT2D eigenvalue weighted by Gasteiger charge is 2.44. The molecule has 4 unspecified atom stereocenters. The lowest BCUT2D eigenvalue weighted by atomic mass is 9.84. The van der Waals surface area contributed by atoms with Crippen LogP contribution in [0.3, 0.4) is 0 Å². The largest absolute Gasteiger partial charge is 0.380 e. The second-order valence-electron chi connectivity index (χ2n) is 4.21. The van der Waals surface area contributed by atoms with Crippen molar-refractivity contribution < 1.29 is 9.47 Å². The first kappa shape index (κ1) is 10.4. The van der Waals surface area contributed by atoms with Gasteiger partial charge in [-0.15, -0.1) is 0 Å². The molecule has 14 heavy (non-hydrogen) atoms. The molecule has 4 heteroatoms. The third-order valence-corrected chi connectivity index (χ3v) is 3.39. The summed E-state index contributed by atoms with van der Waals surface area (Å²) in [5.74, 6) is 6.09. The zero-order chi connectivity index (χ0) is 9.97. The zero-order valence-electron chi connectivity index (χ0n) is 8.74. The maximum absolute atomic E-state index is 5.80. The predicted octanol–water partition coefficient (Wildman–Crippen LogP) is 0.422. The van der Waals surface area contributed by atoms with Crippen LogP contribution in [-0.4, -0.2) is 31.5 Å². The molecule has 0 spiro atoms. The van der Waals surface area contributed by atoms with E-state index in [0.717, 1.165) is 13.0 Å². The Morgan fingerprint density at radius 2 is 2.43 bits per heavy atom. The lowest BCUT2D eigenvalue weighted by Gasteiger charge is -2.27. The van der Waals surface area contributed by atoms with Crippen LogP contribution in [0.15, 0.2) is 0 Å². The fourth-order valence-electron chi connectivity index (χ4n) is 2.64. The molecule has 2 rings (SSSR count). The van der Waals surface area contributed by atoms with Crippen LogP contribution in [0.2, 0.25) is 0 Å². The summed E-state index contributed by atoms with van der Waals surface area (Å²) in [7, 11) is 0. The lowest BCUT2D eigenvalue weighted by molar-refractivity contribution is 0.0610. The molecule has 0 amide bonds. The van der Waals surface area contributed by atoms with Gasteiger partial charge in [0.25, 0.3) is 0 Å². The van der Waals surface area contributed by atoms with Crippen LogP contribution < -0.4 is 11.3 Å². The van der Waals surface area contributed by atoms with E-state index in [-0.39, 0.29) is 6.04 Å². The summed E-state index contributed by atoms with van der Waals surface area (Å²) < 4.78 is 11.2. The van der Waals surface area contributed by atoms with Crippen LogP contribution in [0.1, 0.15) is 26.2 Å². The summed E-state index contributed by atoms with van der Waals surface area (Å²) in [4.78, 5) is 0. The molecule has 0 aromatic carbocycles. The van der Waals surface area contributed by atoms with E-state index in [1.54, 1.807) is 0 Å². The highest BCUT2D eigenvalue weighted by molar-refractivity contribution is 4.94. The Labute approximate surface area is 85.1 Å². The Hall–Kier alpha value is -0.160. The smallest absolute Gasteiger partial charge is 0.0636 e. The number of rotatable bonds is 5. The minimum absolute atomic E-state index is 0.255. The van der Waals surface area contributed by atoms with E-state index in [1.807, 2.05) is 6.92 Å². The van der Waals surface area contributed by atoms with E-state index >= 15 is 0 Å². The third-order valence-electron chi connectivity index (χ3n) is 3.39. The number of hydrazine groups is 1. The highest BCUT2D eigenvalue weighted by atomic mass is 16.5. The van der Waals surface area contributed by atoms with Crippen LogP contribution in [0.4, 0.5) is 0 Å². The van der Waals surface area contributed by atoms with E-state index in [9.17, 15) is 0 Å². The third kappa shape index (κ3) is 1.93. The fourth-order valence-corrected chi connectivity index (χ4v) is 2.64. The average molecular weight is 200 g/mol. The number of nitrogens with one attached hydrogen (secondary N) is 1. The number of nitrogens with two attached hydrogens (primary N) is 1. The van der Waals surface area contributed by atoms with Crippen molar-refractivity contribution in [2.24, 2.45) is 11.8 Å². The molecule has 4 atom stereocenters. The summed E-state index contributed by atoms with van der Waals surface area (Å²) in [5, 5.41) is 0. The topological polar surface area (TPSA) is 56.5 Å². The monoisotopic (exact) mass is 200 g/mol. The Morgan fingerprint density at radius 3 is 2.93 bits per heavy atom. The number of hydrogen-bond acceptors (Lipinski definition) is 4. The van der Waals surface area contributed by atoms with E-state index in [4.69, 9.17) is 15.3 Å². The number of fused-ring (bicyclic) bond motifs is 2. The molecule has 2 fully saturated rings. The van der Waals surface area contributed by atoms with Gasteiger partial charge in [0.05, 0.1) is 18.8 Å². The second kappa shape index (κ2) is 4.57. The van der Waals surface area contributed by atoms with Gasteiger partial charge >= 0.3 is 0 Å². The van der Waals surface area contributed by atoms with Gasteiger partial charge in [-0.05, 0) is 26.2 Å².